The summed E-state index contributed by atoms with van der Waals surface area (Å²) in [4.78, 5) is 0. The van der Waals surface area contributed by atoms with Crippen molar-refractivity contribution >= 4 is 84.9 Å². The summed E-state index contributed by atoms with van der Waals surface area (Å²) >= 11 is 20.9. The van der Waals surface area contributed by atoms with Crippen molar-refractivity contribution in [1.82, 2.24) is 0 Å². The lowest BCUT2D eigenvalue weighted by Gasteiger charge is -2.33. The fourth-order valence-electron chi connectivity index (χ4n) is 1.66. The van der Waals surface area contributed by atoms with Crippen LogP contribution in [-0.2, 0) is 0 Å². The zero-order valence-electron chi connectivity index (χ0n) is 12.4. The molecule has 0 rings (SSSR count). The van der Waals surface area contributed by atoms with E-state index >= 15 is 0 Å². The smallest absolute Gasteiger partial charge is 0.0521 e. The standard InChI is InChI=1S/C13H28OS7/c14-1-5-18-9-13(10-19-6-2-15,11-20-7-3-16)12-21-8-4-17/h14-17H,1-12H2. The van der Waals surface area contributed by atoms with E-state index in [1.165, 1.54) is 17.3 Å². The summed E-state index contributed by atoms with van der Waals surface area (Å²) in [6.07, 6.45) is 0. The van der Waals surface area contributed by atoms with Crippen molar-refractivity contribution < 1.29 is 5.11 Å². The van der Waals surface area contributed by atoms with Gasteiger partial charge in [0.2, 0.25) is 0 Å². The van der Waals surface area contributed by atoms with Crippen molar-refractivity contribution in [2.75, 3.05) is 69.9 Å². The molecule has 0 atom stereocenters. The van der Waals surface area contributed by atoms with Crippen LogP contribution in [0.2, 0.25) is 0 Å². The van der Waals surface area contributed by atoms with Gasteiger partial charge in [0, 0.05) is 51.4 Å². The lowest BCUT2D eigenvalue weighted by molar-refractivity contribution is 0.322. The number of thioether (sulfide) groups is 4. The molecule has 0 aromatic heterocycles. The summed E-state index contributed by atoms with van der Waals surface area (Å²) in [7, 11) is 0. The lowest BCUT2D eigenvalue weighted by Crippen LogP contribution is -2.34. The van der Waals surface area contributed by atoms with Gasteiger partial charge < -0.3 is 5.11 Å². The molecule has 0 radical (unpaired) electrons. The van der Waals surface area contributed by atoms with Crippen LogP contribution in [0, 0.1) is 5.41 Å². The molecule has 128 valence electrons. The minimum Gasteiger partial charge on any atom is -0.396 e. The van der Waals surface area contributed by atoms with Crippen LogP contribution in [-0.4, -0.2) is 75.0 Å². The molecule has 8 heteroatoms. The minimum atomic E-state index is 0.276. The van der Waals surface area contributed by atoms with Crippen LogP contribution in [0.4, 0.5) is 0 Å². The first kappa shape index (κ1) is 23.4. The molecule has 21 heavy (non-hydrogen) atoms. The Hall–Kier alpha value is 2.41. The Morgan fingerprint density at radius 3 is 1.24 bits per heavy atom. The highest BCUT2D eigenvalue weighted by atomic mass is 32.2. The first-order valence-corrected chi connectivity index (χ1v) is 13.5. The van der Waals surface area contributed by atoms with E-state index in [0.717, 1.165) is 46.0 Å². The number of aliphatic hydroxyl groups is 1. The molecule has 0 aromatic rings. The molecular formula is C13H28OS7. The highest BCUT2D eigenvalue weighted by Gasteiger charge is 2.30. The highest BCUT2D eigenvalue weighted by molar-refractivity contribution is 8.02. The van der Waals surface area contributed by atoms with Crippen molar-refractivity contribution in [1.29, 1.82) is 0 Å². The van der Waals surface area contributed by atoms with E-state index in [4.69, 9.17) is 5.11 Å². The van der Waals surface area contributed by atoms with Crippen molar-refractivity contribution in [2.45, 2.75) is 0 Å². The van der Waals surface area contributed by atoms with E-state index in [1.807, 2.05) is 47.0 Å². The molecule has 0 aliphatic heterocycles. The molecule has 0 unspecified atom stereocenters. The number of thiol groups is 3. The van der Waals surface area contributed by atoms with Crippen LogP contribution >= 0.6 is 84.9 Å². The van der Waals surface area contributed by atoms with Gasteiger partial charge in [-0.25, -0.2) is 0 Å². The van der Waals surface area contributed by atoms with E-state index in [9.17, 15) is 0 Å². The molecule has 0 amide bonds. The Balaban J connectivity index is 4.52. The Labute approximate surface area is 164 Å². The van der Waals surface area contributed by atoms with Gasteiger partial charge in [-0.3, -0.25) is 0 Å². The third-order valence-corrected chi connectivity index (χ3v) is 9.37. The van der Waals surface area contributed by atoms with Crippen molar-refractivity contribution in [3.63, 3.8) is 0 Å². The van der Waals surface area contributed by atoms with E-state index < -0.39 is 0 Å². The van der Waals surface area contributed by atoms with Crippen molar-refractivity contribution in [3.8, 4) is 0 Å². The molecule has 0 aromatic carbocycles. The molecule has 0 aliphatic rings. The molecule has 0 fully saturated rings. The maximum absolute atomic E-state index is 9.04. The molecule has 0 bridgehead atoms. The third-order valence-electron chi connectivity index (χ3n) is 2.58. The van der Waals surface area contributed by atoms with Crippen LogP contribution in [0.25, 0.3) is 0 Å². The normalized spacial score (nSPS) is 12.0. The summed E-state index contributed by atoms with van der Waals surface area (Å²) < 4.78 is 0. The van der Waals surface area contributed by atoms with Gasteiger partial charge >= 0.3 is 0 Å². The Morgan fingerprint density at radius 1 is 0.619 bits per heavy atom. The third kappa shape index (κ3) is 13.4. The number of hydrogen-bond acceptors (Lipinski definition) is 8. The SMILES string of the molecule is OCCSCC(CSCCS)(CSCCS)CSCCS. The van der Waals surface area contributed by atoms with Crippen LogP contribution in [0.1, 0.15) is 0 Å². The Kier molecular flexibility index (Phi) is 19.2. The predicted octanol–water partition coefficient (Wildman–Crippen LogP) is 3.69. The fourth-order valence-corrected chi connectivity index (χ4v) is 7.65. The van der Waals surface area contributed by atoms with Gasteiger partial charge in [0.25, 0.3) is 0 Å². The predicted molar refractivity (Wildman–Crippen MR) is 120 cm³/mol. The first-order valence-electron chi connectivity index (χ1n) is 6.99. The van der Waals surface area contributed by atoms with Gasteiger partial charge in [-0.05, 0) is 17.3 Å². The second kappa shape index (κ2) is 17.2. The van der Waals surface area contributed by atoms with Gasteiger partial charge in [-0.15, -0.1) is 0 Å². The topological polar surface area (TPSA) is 20.2 Å². The molecule has 1 nitrogen and oxygen atoms in total. The summed E-state index contributed by atoms with van der Waals surface area (Å²) in [5, 5.41) is 9.04. The van der Waals surface area contributed by atoms with Gasteiger partial charge in [0.15, 0.2) is 0 Å². The molecule has 0 heterocycles. The number of hydrogen-bond donors (Lipinski definition) is 4. The van der Waals surface area contributed by atoms with Crippen LogP contribution in [0.3, 0.4) is 0 Å². The van der Waals surface area contributed by atoms with Crippen LogP contribution < -0.4 is 0 Å². The molecule has 0 saturated heterocycles. The van der Waals surface area contributed by atoms with Crippen LogP contribution in [0.5, 0.6) is 0 Å². The largest absolute Gasteiger partial charge is 0.396 e. The summed E-state index contributed by atoms with van der Waals surface area (Å²) in [5.74, 6) is 11.7. The molecule has 0 aliphatic carbocycles. The van der Waals surface area contributed by atoms with Gasteiger partial charge in [0.05, 0.1) is 6.61 Å². The Morgan fingerprint density at radius 2 is 0.952 bits per heavy atom. The van der Waals surface area contributed by atoms with Gasteiger partial charge in [0.1, 0.15) is 0 Å². The molecular weight excluding hydrogens is 397 g/mol. The minimum absolute atomic E-state index is 0.276. The molecule has 0 saturated carbocycles. The average molecular weight is 425 g/mol. The van der Waals surface area contributed by atoms with Gasteiger partial charge in [-0.2, -0.15) is 84.9 Å². The van der Waals surface area contributed by atoms with Crippen LogP contribution in [0.15, 0.2) is 0 Å². The molecule has 0 spiro atoms. The zero-order chi connectivity index (χ0) is 15.8. The van der Waals surface area contributed by atoms with Gasteiger partial charge in [-0.1, -0.05) is 0 Å². The van der Waals surface area contributed by atoms with Crippen molar-refractivity contribution in [3.05, 3.63) is 0 Å². The van der Waals surface area contributed by atoms with Crippen molar-refractivity contribution in [2.24, 2.45) is 5.41 Å². The summed E-state index contributed by atoms with van der Waals surface area (Å²) in [6.45, 7) is 0.276. The molecule has 1 N–H and O–H groups in total. The van der Waals surface area contributed by atoms with E-state index in [-0.39, 0.29) is 6.61 Å². The number of rotatable bonds is 16. The first-order chi connectivity index (χ1) is 10.2. The highest BCUT2D eigenvalue weighted by Crippen LogP contribution is 2.35. The van der Waals surface area contributed by atoms with E-state index in [1.54, 1.807) is 0 Å². The lowest BCUT2D eigenvalue weighted by atomic mass is 9.99. The maximum atomic E-state index is 9.04. The zero-order valence-corrected chi connectivity index (χ0v) is 18.4. The second-order valence-corrected chi connectivity index (χ2v) is 10.4. The maximum Gasteiger partial charge on any atom is 0.0521 e. The summed E-state index contributed by atoms with van der Waals surface area (Å²) in [6, 6.07) is 0. The monoisotopic (exact) mass is 424 g/mol. The van der Waals surface area contributed by atoms with E-state index in [0.29, 0.717) is 5.41 Å². The second-order valence-electron chi connectivity index (χ2n) is 4.60. The van der Waals surface area contributed by atoms with E-state index in [2.05, 4.69) is 37.9 Å². The number of aliphatic hydroxyl groups excluding tert-OH is 1. The quantitative estimate of drug-likeness (QED) is 0.223. The Bertz CT molecular complexity index is 173. The average Bonchev–Trinajstić information content (AvgIpc) is 2.48. The summed E-state index contributed by atoms with van der Waals surface area (Å²) in [5.41, 5.74) is 0.342. The fraction of sp³-hybridized carbons (Fsp3) is 1.00.